The Hall–Kier alpha value is -0.720. The molecule has 0 spiro atoms. The number of hydrogen-bond donors (Lipinski definition) is 1. The Morgan fingerprint density at radius 3 is 2.40 bits per heavy atom. The maximum atomic E-state index is 3.36. The molecule has 0 aromatic carbocycles. The highest BCUT2D eigenvalue weighted by molar-refractivity contribution is 5.15. The summed E-state index contributed by atoms with van der Waals surface area (Å²) in [5, 5.41) is 0. The van der Waals surface area contributed by atoms with Crippen molar-refractivity contribution in [2.75, 3.05) is 0 Å². The predicted octanol–water partition coefficient (Wildman–Crippen LogP) is 2.70. The summed E-state index contributed by atoms with van der Waals surface area (Å²) in [6, 6.07) is 4.33. The van der Waals surface area contributed by atoms with Gasteiger partial charge in [0.1, 0.15) is 0 Å². The third kappa shape index (κ3) is 1.41. The van der Waals surface area contributed by atoms with Crippen molar-refractivity contribution in [3.05, 3.63) is 23.5 Å². The Labute approximate surface area is 62.5 Å². The monoisotopic (exact) mass is 137 g/mol. The van der Waals surface area contributed by atoms with Crippen LogP contribution in [0.2, 0.25) is 0 Å². The number of aryl methyl sites for hydroxylation is 1. The fourth-order valence-electron chi connectivity index (χ4n) is 1.00. The van der Waals surface area contributed by atoms with Crippen LogP contribution in [0.3, 0.4) is 0 Å². The molecule has 0 atom stereocenters. The van der Waals surface area contributed by atoms with Crippen molar-refractivity contribution in [2.24, 2.45) is 0 Å². The van der Waals surface area contributed by atoms with E-state index in [4.69, 9.17) is 0 Å². The first kappa shape index (κ1) is 7.39. The lowest BCUT2D eigenvalue weighted by Crippen LogP contribution is -1.87. The zero-order valence-corrected chi connectivity index (χ0v) is 6.94. The molecule has 0 unspecified atom stereocenters. The third-order valence-electron chi connectivity index (χ3n) is 1.77. The molecular weight excluding hydrogens is 122 g/mol. The molecule has 1 rings (SSSR count). The lowest BCUT2D eigenvalue weighted by Gasteiger charge is -1.98. The number of aromatic amines is 1. The minimum absolute atomic E-state index is 0.625. The zero-order chi connectivity index (χ0) is 7.56. The molecule has 0 aliphatic carbocycles. The summed E-state index contributed by atoms with van der Waals surface area (Å²) in [7, 11) is 0. The topological polar surface area (TPSA) is 15.8 Å². The Morgan fingerprint density at radius 2 is 2.10 bits per heavy atom. The van der Waals surface area contributed by atoms with Crippen molar-refractivity contribution in [1.29, 1.82) is 0 Å². The van der Waals surface area contributed by atoms with Crippen molar-refractivity contribution in [2.45, 2.75) is 33.1 Å². The van der Waals surface area contributed by atoms with Crippen LogP contribution in [-0.4, -0.2) is 4.98 Å². The number of nitrogens with one attached hydrogen (secondary N) is 1. The highest BCUT2D eigenvalue weighted by Crippen LogP contribution is 2.12. The van der Waals surface area contributed by atoms with Gasteiger partial charge in [-0.3, -0.25) is 0 Å². The number of hydrogen-bond acceptors (Lipinski definition) is 0. The van der Waals surface area contributed by atoms with Crippen molar-refractivity contribution < 1.29 is 0 Å². The molecule has 1 heteroatoms. The fourth-order valence-corrected chi connectivity index (χ4v) is 1.00. The van der Waals surface area contributed by atoms with Gasteiger partial charge in [-0.2, -0.15) is 0 Å². The van der Waals surface area contributed by atoms with Gasteiger partial charge in [0, 0.05) is 11.4 Å². The van der Waals surface area contributed by atoms with Crippen molar-refractivity contribution >= 4 is 0 Å². The van der Waals surface area contributed by atoms with Crippen LogP contribution < -0.4 is 0 Å². The first-order valence-electron chi connectivity index (χ1n) is 3.91. The standard InChI is InChI=1S/C9H15N/c1-4-8-5-6-9(10-8)7(2)3/h5-7,10H,4H2,1-3H3. The van der Waals surface area contributed by atoms with E-state index in [1.807, 2.05) is 0 Å². The van der Waals surface area contributed by atoms with Gasteiger partial charge in [0.25, 0.3) is 0 Å². The molecule has 0 bridgehead atoms. The fraction of sp³-hybridized carbons (Fsp3) is 0.556. The van der Waals surface area contributed by atoms with Crippen LogP contribution in [0.5, 0.6) is 0 Å². The Balaban J connectivity index is 2.78. The molecule has 1 N–H and O–H groups in total. The van der Waals surface area contributed by atoms with Crippen LogP contribution in [0.4, 0.5) is 0 Å². The van der Waals surface area contributed by atoms with Crippen LogP contribution in [0.1, 0.15) is 38.1 Å². The molecule has 56 valence electrons. The van der Waals surface area contributed by atoms with Gasteiger partial charge in [-0.1, -0.05) is 20.8 Å². The number of rotatable bonds is 2. The van der Waals surface area contributed by atoms with Gasteiger partial charge in [-0.05, 0) is 24.5 Å². The lowest BCUT2D eigenvalue weighted by atomic mass is 10.1. The second-order valence-electron chi connectivity index (χ2n) is 2.95. The van der Waals surface area contributed by atoms with E-state index in [9.17, 15) is 0 Å². The molecule has 1 heterocycles. The maximum Gasteiger partial charge on any atom is 0.0175 e. The van der Waals surface area contributed by atoms with E-state index in [1.165, 1.54) is 11.4 Å². The first-order chi connectivity index (χ1) is 4.74. The van der Waals surface area contributed by atoms with E-state index < -0.39 is 0 Å². The van der Waals surface area contributed by atoms with Gasteiger partial charge in [0.15, 0.2) is 0 Å². The summed E-state index contributed by atoms with van der Waals surface area (Å²) >= 11 is 0. The predicted molar refractivity (Wildman–Crippen MR) is 44.3 cm³/mol. The first-order valence-corrected chi connectivity index (χ1v) is 3.91. The smallest absolute Gasteiger partial charge is 0.0175 e. The van der Waals surface area contributed by atoms with Crippen LogP contribution >= 0.6 is 0 Å². The molecule has 10 heavy (non-hydrogen) atoms. The highest BCUT2D eigenvalue weighted by Gasteiger charge is 1.99. The van der Waals surface area contributed by atoms with Crippen molar-refractivity contribution in [1.82, 2.24) is 4.98 Å². The molecule has 0 radical (unpaired) electrons. The SMILES string of the molecule is CCc1ccc(C(C)C)[nH]1. The number of H-pyrrole nitrogens is 1. The average molecular weight is 137 g/mol. The van der Waals surface area contributed by atoms with E-state index in [-0.39, 0.29) is 0 Å². The average Bonchev–Trinajstić information content (AvgIpc) is 2.34. The maximum absolute atomic E-state index is 3.36. The summed E-state index contributed by atoms with van der Waals surface area (Å²) in [6.07, 6.45) is 1.10. The summed E-state index contributed by atoms with van der Waals surface area (Å²) in [6.45, 7) is 6.56. The Bertz CT molecular complexity index is 198. The lowest BCUT2D eigenvalue weighted by molar-refractivity contribution is 0.823. The van der Waals surface area contributed by atoms with Gasteiger partial charge in [-0.15, -0.1) is 0 Å². The van der Waals surface area contributed by atoms with Gasteiger partial charge in [-0.25, -0.2) is 0 Å². The minimum atomic E-state index is 0.625. The van der Waals surface area contributed by atoms with E-state index in [2.05, 4.69) is 37.9 Å². The van der Waals surface area contributed by atoms with Gasteiger partial charge < -0.3 is 4.98 Å². The van der Waals surface area contributed by atoms with E-state index in [1.54, 1.807) is 0 Å². The molecule has 1 aromatic heterocycles. The van der Waals surface area contributed by atoms with Crippen molar-refractivity contribution in [3.8, 4) is 0 Å². The molecule has 0 saturated carbocycles. The largest absolute Gasteiger partial charge is 0.362 e. The quantitative estimate of drug-likeness (QED) is 0.645. The molecule has 1 aromatic rings. The zero-order valence-electron chi connectivity index (χ0n) is 6.94. The Kier molecular flexibility index (Phi) is 2.15. The summed E-state index contributed by atoms with van der Waals surface area (Å²) < 4.78 is 0. The Morgan fingerprint density at radius 1 is 1.40 bits per heavy atom. The second kappa shape index (κ2) is 2.91. The highest BCUT2D eigenvalue weighted by atomic mass is 14.7. The van der Waals surface area contributed by atoms with Crippen LogP contribution in [-0.2, 0) is 6.42 Å². The van der Waals surface area contributed by atoms with Gasteiger partial charge >= 0.3 is 0 Å². The minimum Gasteiger partial charge on any atom is -0.362 e. The normalized spacial score (nSPS) is 10.8. The molecule has 0 fully saturated rings. The number of aromatic nitrogens is 1. The summed E-state index contributed by atoms with van der Waals surface area (Å²) in [5.41, 5.74) is 2.68. The molecule has 0 aliphatic rings. The van der Waals surface area contributed by atoms with E-state index >= 15 is 0 Å². The summed E-state index contributed by atoms with van der Waals surface area (Å²) in [5.74, 6) is 0.625. The molecule has 1 nitrogen and oxygen atoms in total. The molecule has 0 amide bonds. The summed E-state index contributed by atoms with van der Waals surface area (Å²) in [4.78, 5) is 3.36. The van der Waals surface area contributed by atoms with Gasteiger partial charge in [0.05, 0.1) is 0 Å². The van der Waals surface area contributed by atoms with E-state index in [0.29, 0.717) is 5.92 Å². The molecule has 0 aliphatic heterocycles. The second-order valence-corrected chi connectivity index (χ2v) is 2.95. The van der Waals surface area contributed by atoms with Crippen LogP contribution in [0, 0.1) is 0 Å². The van der Waals surface area contributed by atoms with E-state index in [0.717, 1.165) is 6.42 Å². The molecule has 0 saturated heterocycles. The van der Waals surface area contributed by atoms with Crippen LogP contribution in [0.25, 0.3) is 0 Å². The molecular formula is C9H15N. The third-order valence-corrected chi connectivity index (χ3v) is 1.77. The van der Waals surface area contributed by atoms with Gasteiger partial charge in [0.2, 0.25) is 0 Å². The van der Waals surface area contributed by atoms with Crippen LogP contribution in [0.15, 0.2) is 12.1 Å². The van der Waals surface area contributed by atoms with Crippen molar-refractivity contribution in [3.63, 3.8) is 0 Å².